The van der Waals surface area contributed by atoms with Gasteiger partial charge >= 0.3 is 0 Å². The van der Waals surface area contributed by atoms with Crippen LogP contribution < -0.4 is 9.47 Å². The Hall–Kier alpha value is -2.08. The van der Waals surface area contributed by atoms with Crippen molar-refractivity contribution >= 4 is 29.3 Å². The summed E-state index contributed by atoms with van der Waals surface area (Å²) < 4.78 is 10.6. The van der Waals surface area contributed by atoms with Crippen molar-refractivity contribution in [3.8, 4) is 11.5 Å². The Morgan fingerprint density at radius 2 is 1.82 bits per heavy atom. The lowest BCUT2D eigenvalue weighted by molar-refractivity contribution is -0.122. The number of ether oxygens (including phenoxy) is 2. The van der Waals surface area contributed by atoms with E-state index in [4.69, 9.17) is 21.7 Å². The molecule has 1 aliphatic heterocycles. The third-order valence-electron chi connectivity index (χ3n) is 3.72. The molecule has 22 heavy (non-hydrogen) atoms. The van der Waals surface area contributed by atoms with Crippen molar-refractivity contribution in [2.75, 3.05) is 27.8 Å². The van der Waals surface area contributed by atoms with Gasteiger partial charge in [-0.3, -0.25) is 9.69 Å². The van der Waals surface area contributed by atoms with E-state index in [1.165, 1.54) is 0 Å². The van der Waals surface area contributed by atoms with Gasteiger partial charge in [0.05, 0.1) is 14.2 Å². The number of hydrogen-bond acceptors (Lipinski definition) is 4. The van der Waals surface area contributed by atoms with Crippen molar-refractivity contribution in [2.24, 2.45) is 0 Å². The van der Waals surface area contributed by atoms with E-state index in [0.29, 0.717) is 28.9 Å². The summed E-state index contributed by atoms with van der Waals surface area (Å²) in [5.74, 6) is 1.21. The summed E-state index contributed by atoms with van der Waals surface area (Å²) >= 11 is 5.30. The van der Waals surface area contributed by atoms with Gasteiger partial charge in [0.25, 0.3) is 5.91 Å². The zero-order valence-electron chi connectivity index (χ0n) is 13.5. The van der Waals surface area contributed by atoms with Crippen LogP contribution in [-0.2, 0) is 4.79 Å². The van der Waals surface area contributed by atoms with E-state index < -0.39 is 0 Å². The summed E-state index contributed by atoms with van der Waals surface area (Å²) in [5, 5.41) is 0.525. The molecule has 0 bridgehead atoms. The maximum Gasteiger partial charge on any atom is 0.276 e. The largest absolute Gasteiger partial charge is 0.493 e. The number of carbonyl (C=O) groups is 1. The van der Waals surface area contributed by atoms with Gasteiger partial charge in [0.15, 0.2) is 16.6 Å². The maximum atomic E-state index is 12.4. The van der Waals surface area contributed by atoms with Crippen LogP contribution in [-0.4, -0.2) is 48.6 Å². The van der Waals surface area contributed by atoms with Gasteiger partial charge in [-0.15, -0.1) is 0 Å². The molecule has 0 aromatic heterocycles. The number of carbonyl (C=O) groups excluding carboxylic acids is 1. The van der Waals surface area contributed by atoms with E-state index in [9.17, 15) is 4.79 Å². The van der Waals surface area contributed by atoms with Crippen LogP contribution in [0.2, 0.25) is 0 Å². The molecule has 1 aromatic carbocycles. The first kappa shape index (κ1) is 16.3. The summed E-state index contributed by atoms with van der Waals surface area (Å²) in [5.41, 5.74) is 2.45. The molecule has 1 saturated heterocycles. The van der Waals surface area contributed by atoms with Crippen LogP contribution in [0.4, 0.5) is 0 Å². The third-order valence-corrected chi connectivity index (χ3v) is 4.22. The molecule has 1 aliphatic rings. The molecule has 0 N–H and O–H groups in total. The lowest BCUT2D eigenvalue weighted by Crippen LogP contribution is -2.30. The van der Waals surface area contributed by atoms with Crippen molar-refractivity contribution in [1.29, 1.82) is 0 Å². The van der Waals surface area contributed by atoms with Crippen LogP contribution in [0.15, 0.2) is 17.8 Å². The molecule has 0 atom stereocenters. The fourth-order valence-corrected chi connectivity index (χ4v) is 2.70. The average Bonchev–Trinajstić information content (AvgIpc) is 2.71. The van der Waals surface area contributed by atoms with Crippen LogP contribution in [0, 0.1) is 6.92 Å². The molecule has 118 valence electrons. The molecule has 0 saturated carbocycles. The van der Waals surface area contributed by atoms with E-state index >= 15 is 0 Å². The number of rotatable bonds is 4. The van der Waals surface area contributed by atoms with Gasteiger partial charge in [0.2, 0.25) is 0 Å². The summed E-state index contributed by atoms with van der Waals surface area (Å²) in [7, 11) is 4.99. The van der Waals surface area contributed by atoms with Crippen molar-refractivity contribution in [1.82, 2.24) is 9.80 Å². The van der Waals surface area contributed by atoms with E-state index in [1.54, 1.807) is 31.1 Å². The molecule has 1 aromatic rings. The number of methoxy groups -OCH3 is 2. The Balaban J connectivity index is 2.49. The summed E-state index contributed by atoms with van der Waals surface area (Å²) in [6, 6.07) is 3.75. The number of nitrogens with zero attached hydrogens (tertiary/aromatic N) is 2. The molecule has 1 amide bonds. The van der Waals surface area contributed by atoms with Gasteiger partial charge < -0.3 is 14.4 Å². The highest BCUT2D eigenvalue weighted by molar-refractivity contribution is 7.80. The second-order valence-corrected chi connectivity index (χ2v) is 5.35. The van der Waals surface area contributed by atoms with Crippen molar-refractivity contribution < 1.29 is 14.3 Å². The number of amides is 1. The minimum absolute atomic E-state index is 0.0795. The number of hydrogen-bond donors (Lipinski definition) is 0. The van der Waals surface area contributed by atoms with Crippen LogP contribution in [0.3, 0.4) is 0 Å². The first-order valence-electron chi connectivity index (χ1n) is 6.98. The number of benzene rings is 1. The monoisotopic (exact) mass is 320 g/mol. The van der Waals surface area contributed by atoms with Gasteiger partial charge in [-0.05, 0) is 55.4 Å². The van der Waals surface area contributed by atoms with E-state index in [1.807, 2.05) is 32.1 Å². The molecule has 6 heteroatoms. The van der Waals surface area contributed by atoms with Crippen molar-refractivity contribution in [3.63, 3.8) is 0 Å². The fourth-order valence-electron chi connectivity index (χ4n) is 2.39. The molecule has 1 heterocycles. The third kappa shape index (κ3) is 2.66. The highest BCUT2D eigenvalue weighted by Gasteiger charge is 2.34. The zero-order valence-corrected chi connectivity index (χ0v) is 14.3. The second kappa shape index (κ2) is 6.36. The Morgan fingerprint density at radius 3 is 2.32 bits per heavy atom. The molecular formula is C16H20N2O3S. The predicted octanol–water partition coefficient (Wildman–Crippen LogP) is 2.43. The van der Waals surface area contributed by atoms with Gasteiger partial charge in [0, 0.05) is 13.6 Å². The van der Waals surface area contributed by atoms with Gasteiger partial charge in [-0.25, -0.2) is 0 Å². The number of aryl methyl sites for hydroxylation is 1. The summed E-state index contributed by atoms with van der Waals surface area (Å²) in [6.45, 7) is 4.43. The quantitative estimate of drug-likeness (QED) is 0.629. The molecule has 0 aliphatic carbocycles. The van der Waals surface area contributed by atoms with Crippen LogP contribution in [0.5, 0.6) is 11.5 Å². The molecule has 0 spiro atoms. The predicted molar refractivity (Wildman–Crippen MR) is 90.0 cm³/mol. The Kier molecular flexibility index (Phi) is 4.71. The molecule has 2 rings (SSSR count). The van der Waals surface area contributed by atoms with Gasteiger partial charge in [-0.2, -0.15) is 0 Å². The van der Waals surface area contributed by atoms with E-state index in [2.05, 4.69) is 0 Å². The minimum Gasteiger partial charge on any atom is -0.493 e. The summed E-state index contributed by atoms with van der Waals surface area (Å²) in [4.78, 5) is 15.7. The Bertz CT molecular complexity index is 655. The summed E-state index contributed by atoms with van der Waals surface area (Å²) in [6.07, 6.45) is 1.83. The average molecular weight is 320 g/mol. The van der Waals surface area contributed by atoms with Gasteiger partial charge in [0.1, 0.15) is 5.70 Å². The molecule has 1 fully saturated rings. The smallest absolute Gasteiger partial charge is 0.276 e. The van der Waals surface area contributed by atoms with E-state index in [-0.39, 0.29) is 5.91 Å². The molecule has 5 nitrogen and oxygen atoms in total. The molecule has 0 unspecified atom stereocenters. The Labute approximate surface area is 136 Å². The maximum absolute atomic E-state index is 12.4. The number of likely N-dealkylation sites (N-methyl/N-ethyl adjacent to an activating group) is 2. The number of thiocarbonyl (C=S) groups is 1. The lowest BCUT2D eigenvalue weighted by Gasteiger charge is -2.14. The topological polar surface area (TPSA) is 42.0 Å². The SMILES string of the molecule is CCN1C(=O)/C(=C/c2cc(OC)c(OC)cc2C)N(C)C1=S. The van der Waals surface area contributed by atoms with Gasteiger partial charge in [-0.1, -0.05) is 0 Å². The zero-order chi connectivity index (χ0) is 16.4. The first-order chi connectivity index (χ1) is 10.4. The standard InChI is InChI=1S/C16H20N2O3S/c1-6-18-15(19)12(17(3)16(18)22)8-11-9-14(21-5)13(20-4)7-10(11)2/h7-9H,6H2,1-5H3/b12-8-. The van der Waals surface area contributed by atoms with Crippen molar-refractivity contribution in [3.05, 3.63) is 29.0 Å². The Morgan fingerprint density at radius 1 is 1.23 bits per heavy atom. The van der Waals surface area contributed by atoms with Crippen LogP contribution in [0.1, 0.15) is 18.1 Å². The highest BCUT2D eigenvalue weighted by Crippen LogP contribution is 2.32. The van der Waals surface area contributed by atoms with Crippen LogP contribution in [0.25, 0.3) is 6.08 Å². The molecule has 0 radical (unpaired) electrons. The highest BCUT2D eigenvalue weighted by atomic mass is 32.1. The molecular weight excluding hydrogens is 300 g/mol. The van der Waals surface area contributed by atoms with Crippen molar-refractivity contribution in [2.45, 2.75) is 13.8 Å². The lowest BCUT2D eigenvalue weighted by atomic mass is 10.1. The van der Waals surface area contributed by atoms with Crippen LogP contribution >= 0.6 is 12.2 Å². The normalized spacial score (nSPS) is 16.7. The minimum atomic E-state index is -0.0795. The second-order valence-electron chi connectivity index (χ2n) is 4.98. The van der Waals surface area contributed by atoms with E-state index in [0.717, 1.165) is 11.1 Å². The fraction of sp³-hybridized carbons (Fsp3) is 0.375. The first-order valence-corrected chi connectivity index (χ1v) is 7.39.